The molecule has 1 amide bonds. The molecule has 152 valence electrons. The van der Waals surface area contributed by atoms with Gasteiger partial charge in [0.2, 0.25) is 5.91 Å². The van der Waals surface area contributed by atoms with E-state index >= 15 is 0 Å². The highest BCUT2D eigenvalue weighted by atomic mass is 127. The second kappa shape index (κ2) is 12.9. The van der Waals surface area contributed by atoms with Crippen molar-refractivity contribution in [3.63, 3.8) is 0 Å². The maximum Gasteiger partial charge on any atom is 0.221 e. The lowest BCUT2D eigenvalue weighted by molar-refractivity contribution is -0.123. The number of carbonyl (C=O) groups excluding carboxylic acids is 1. The summed E-state index contributed by atoms with van der Waals surface area (Å²) in [4.78, 5) is 18.2. The van der Waals surface area contributed by atoms with Crippen molar-refractivity contribution in [3.05, 3.63) is 35.6 Å². The van der Waals surface area contributed by atoms with Gasteiger partial charge in [-0.25, -0.2) is 9.38 Å². The van der Waals surface area contributed by atoms with Gasteiger partial charge in [0.1, 0.15) is 5.82 Å². The summed E-state index contributed by atoms with van der Waals surface area (Å²) >= 11 is 0. The second-order valence-corrected chi connectivity index (χ2v) is 6.64. The highest BCUT2D eigenvalue weighted by molar-refractivity contribution is 14.0. The van der Waals surface area contributed by atoms with Crippen molar-refractivity contribution in [2.75, 3.05) is 32.7 Å². The summed E-state index contributed by atoms with van der Waals surface area (Å²) in [6.07, 6.45) is 2.90. The molecule has 1 fully saturated rings. The van der Waals surface area contributed by atoms with Crippen LogP contribution in [0.15, 0.2) is 29.3 Å². The quantitative estimate of drug-likeness (QED) is 0.225. The van der Waals surface area contributed by atoms with E-state index in [4.69, 9.17) is 5.73 Å². The molecular formula is C19H31FIN5O. The van der Waals surface area contributed by atoms with E-state index in [-0.39, 0.29) is 41.6 Å². The number of nitrogens with two attached hydrogens (primary N) is 1. The fraction of sp³-hybridized carbons (Fsp3) is 0.579. The Morgan fingerprint density at radius 1 is 1.33 bits per heavy atom. The molecule has 1 aromatic carbocycles. The number of guanidine groups is 1. The lowest BCUT2D eigenvalue weighted by Crippen LogP contribution is -2.43. The molecule has 8 heteroatoms. The lowest BCUT2D eigenvalue weighted by Gasteiger charge is -2.31. The molecule has 1 heterocycles. The number of nitrogens with zero attached hydrogens (tertiary/aromatic N) is 2. The summed E-state index contributed by atoms with van der Waals surface area (Å²) in [5, 5.41) is 6.54. The van der Waals surface area contributed by atoms with Crippen LogP contribution in [0.3, 0.4) is 0 Å². The van der Waals surface area contributed by atoms with Crippen LogP contribution in [0.1, 0.15) is 31.7 Å². The van der Waals surface area contributed by atoms with Crippen LogP contribution in [-0.4, -0.2) is 49.5 Å². The third-order valence-corrected chi connectivity index (χ3v) is 4.53. The average molecular weight is 491 g/mol. The number of amides is 1. The number of likely N-dealkylation sites (tertiary alicyclic amines) is 1. The number of piperidine rings is 1. The first-order valence-corrected chi connectivity index (χ1v) is 9.36. The minimum atomic E-state index is -0.237. The zero-order valence-electron chi connectivity index (χ0n) is 15.9. The first-order valence-electron chi connectivity index (χ1n) is 9.36. The predicted octanol–water partition coefficient (Wildman–Crippen LogP) is 2.09. The van der Waals surface area contributed by atoms with E-state index < -0.39 is 0 Å². The Kier molecular flexibility index (Phi) is 11.3. The van der Waals surface area contributed by atoms with Gasteiger partial charge in [-0.2, -0.15) is 0 Å². The van der Waals surface area contributed by atoms with Crippen LogP contribution >= 0.6 is 24.0 Å². The minimum absolute atomic E-state index is 0. The van der Waals surface area contributed by atoms with Crippen molar-refractivity contribution >= 4 is 35.8 Å². The van der Waals surface area contributed by atoms with Crippen molar-refractivity contribution in [2.24, 2.45) is 16.6 Å². The highest BCUT2D eigenvalue weighted by Gasteiger charge is 2.23. The molecule has 0 radical (unpaired) electrons. The predicted molar refractivity (Wildman–Crippen MR) is 118 cm³/mol. The SMILES string of the molecule is CCNC(=NCc1ccc(F)cc1)NCCCN1CCCC(C(N)=O)C1.I. The average Bonchev–Trinajstić information content (AvgIpc) is 2.64. The second-order valence-electron chi connectivity index (χ2n) is 6.64. The molecule has 0 saturated carbocycles. The normalized spacial score (nSPS) is 17.9. The molecule has 0 aliphatic carbocycles. The van der Waals surface area contributed by atoms with Crippen molar-refractivity contribution in [2.45, 2.75) is 32.7 Å². The van der Waals surface area contributed by atoms with E-state index in [1.807, 2.05) is 6.92 Å². The van der Waals surface area contributed by atoms with Gasteiger partial charge in [-0.05, 0) is 57.0 Å². The van der Waals surface area contributed by atoms with Gasteiger partial charge < -0.3 is 21.3 Å². The lowest BCUT2D eigenvalue weighted by atomic mass is 9.97. The number of benzene rings is 1. The van der Waals surface area contributed by atoms with Crippen molar-refractivity contribution in [1.29, 1.82) is 0 Å². The number of halogens is 2. The Bertz CT molecular complexity index is 596. The standard InChI is InChI=1S/C19H30FN5O.HI/c1-2-22-19(24-13-15-6-8-17(20)9-7-15)23-10-4-12-25-11-3-5-16(14-25)18(21)26;/h6-9,16H,2-5,10-14H2,1H3,(H2,21,26)(H2,22,23,24);1H. The number of aliphatic imine (C=N–C) groups is 1. The molecule has 0 bridgehead atoms. The molecule has 1 aliphatic rings. The van der Waals surface area contributed by atoms with Gasteiger partial charge in [0, 0.05) is 19.6 Å². The minimum Gasteiger partial charge on any atom is -0.369 e. The Balaban J connectivity index is 0.00000364. The van der Waals surface area contributed by atoms with Gasteiger partial charge in [0.05, 0.1) is 12.5 Å². The smallest absolute Gasteiger partial charge is 0.221 e. The summed E-state index contributed by atoms with van der Waals surface area (Å²) < 4.78 is 12.9. The number of primary amides is 1. The Labute approximate surface area is 178 Å². The molecule has 0 aromatic heterocycles. The van der Waals surface area contributed by atoms with Gasteiger partial charge in [-0.1, -0.05) is 12.1 Å². The number of rotatable bonds is 8. The fourth-order valence-electron chi connectivity index (χ4n) is 3.10. The van der Waals surface area contributed by atoms with E-state index in [1.54, 1.807) is 12.1 Å². The maximum atomic E-state index is 12.9. The van der Waals surface area contributed by atoms with Crippen LogP contribution in [0, 0.1) is 11.7 Å². The Morgan fingerprint density at radius 3 is 2.74 bits per heavy atom. The molecule has 1 aromatic rings. The van der Waals surface area contributed by atoms with Crippen molar-refractivity contribution < 1.29 is 9.18 Å². The highest BCUT2D eigenvalue weighted by Crippen LogP contribution is 2.15. The molecule has 1 unspecified atom stereocenters. The maximum absolute atomic E-state index is 12.9. The molecule has 2 rings (SSSR count). The van der Waals surface area contributed by atoms with Crippen LogP contribution in [0.4, 0.5) is 4.39 Å². The van der Waals surface area contributed by atoms with Crippen LogP contribution in [-0.2, 0) is 11.3 Å². The Hall–Kier alpha value is -1.42. The number of hydrogen-bond donors (Lipinski definition) is 3. The van der Waals surface area contributed by atoms with Gasteiger partial charge in [0.15, 0.2) is 5.96 Å². The third-order valence-electron chi connectivity index (χ3n) is 4.53. The summed E-state index contributed by atoms with van der Waals surface area (Å²) in [6.45, 7) is 6.84. The van der Waals surface area contributed by atoms with Gasteiger partial charge in [-0.3, -0.25) is 4.79 Å². The summed E-state index contributed by atoms with van der Waals surface area (Å²) in [5.74, 6) is 0.325. The van der Waals surface area contributed by atoms with Gasteiger partial charge in [0.25, 0.3) is 0 Å². The zero-order chi connectivity index (χ0) is 18.8. The van der Waals surface area contributed by atoms with Crippen LogP contribution in [0.25, 0.3) is 0 Å². The molecule has 27 heavy (non-hydrogen) atoms. The third kappa shape index (κ3) is 8.87. The monoisotopic (exact) mass is 491 g/mol. The van der Waals surface area contributed by atoms with Crippen molar-refractivity contribution in [3.8, 4) is 0 Å². The van der Waals surface area contributed by atoms with Crippen LogP contribution in [0.2, 0.25) is 0 Å². The largest absolute Gasteiger partial charge is 0.369 e. The number of nitrogens with one attached hydrogen (secondary N) is 2. The molecular weight excluding hydrogens is 460 g/mol. The molecule has 1 saturated heterocycles. The molecule has 4 N–H and O–H groups in total. The zero-order valence-corrected chi connectivity index (χ0v) is 18.2. The summed E-state index contributed by atoms with van der Waals surface area (Å²) in [6, 6.07) is 6.38. The van der Waals surface area contributed by atoms with E-state index in [2.05, 4.69) is 20.5 Å². The molecule has 1 atom stereocenters. The van der Waals surface area contributed by atoms with E-state index in [1.165, 1.54) is 12.1 Å². The fourth-order valence-corrected chi connectivity index (χ4v) is 3.10. The van der Waals surface area contributed by atoms with E-state index in [9.17, 15) is 9.18 Å². The molecule has 6 nitrogen and oxygen atoms in total. The van der Waals surface area contributed by atoms with Crippen LogP contribution in [0.5, 0.6) is 0 Å². The Morgan fingerprint density at radius 2 is 2.07 bits per heavy atom. The summed E-state index contributed by atoms with van der Waals surface area (Å²) in [5.41, 5.74) is 6.39. The number of carbonyl (C=O) groups is 1. The summed E-state index contributed by atoms with van der Waals surface area (Å²) in [7, 11) is 0. The first-order chi connectivity index (χ1) is 12.6. The number of hydrogen-bond acceptors (Lipinski definition) is 3. The molecule has 0 spiro atoms. The molecule has 1 aliphatic heterocycles. The van der Waals surface area contributed by atoms with Crippen LogP contribution < -0.4 is 16.4 Å². The first kappa shape index (κ1) is 23.6. The van der Waals surface area contributed by atoms with E-state index in [0.29, 0.717) is 6.54 Å². The van der Waals surface area contributed by atoms with Gasteiger partial charge in [-0.15, -0.1) is 24.0 Å². The van der Waals surface area contributed by atoms with Gasteiger partial charge >= 0.3 is 0 Å². The van der Waals surface area contributed by atoms with Crippen molar-refractivity contribution in [1.82, 2.24) is 15.5 Å². The topological polar surface area (TPSA) is 82.8 Å². The van der Waals surface area contributed by atoms with E-state index in [0.717, 1.165) is 63.5 Å².